The first-order valence-corrected chi connectivity index (χ1v) is 11.7. The van der Waals surface area contributed by atoms with Crippen molar-refractivity contribution < 1.29 is 34.2 Å². The summed E-state index contributed by atoms with van der Waals surface area (Å²) in [7, 11) is 0. The number of likely N-dealkylation sites (tertiary alicyclic amines) is 1. The molecule has 0 aromatic carbocycles. The molecule has 2 aromatic heterocycles. The number of carbonyl (C=O) groups is 5. The number of aliphatic carboxylic acids is 2. The number of amides is 3. The number of hydrogen-bond donors (Lipinski definition) is 7. The molecule has 0 spiro atoms. The van der Waals surface area contributed by atoms with Gasteiger partial charge in [-0.25, -0.2) is 14.8 Å². The third-order valence-electron chi connectivity index (χ3n) is 6.03. The topological polar surface area (TPSA) is 236 Å². The van der Waals surface area contributed by atoms with Gasteiger partial charge in [0.2, 0.25) is 17.7 Å². The number of nitrogens with zero attached hydrogens (tertiary/aromatic N) is 3. The third kappa shape index (κ3) is 7.60. The molecule has 15 nitrogen and oxygen atoms in total. The zero-order valence-electron chi connectivity index (χ0n) is 19.9. The summed E-state index contributed by atoms with van der Waals surface area (Å²) in [6.07, 6.45) is 5.96. The van der Waals surface area contributed by atoms with E-state index in [4.69, 9.17) is 10.8 Å². The van der Waals surface area contributed by atoms with Crippen molar-refractivity contribution in [3.63, 3.8) is 0 Å². The lowest BCUT2D eigenvalue weighted by Gasteiger charge is -2.28. The number of carboxylic acids is 2. The standard InChI is InChI=1S/C22H30N8O7/c23-14(6-12-8-24-10-26-12)19(33)28-15(3-4-18(31)32)20(34)29-16(7-13-9-25-11-27-13)21(35)30-5-1-2-17(30)22(36)37/h8-11,14-17H,1-7,23H2,(H,24,26)(H,25,27)(H,28,33)(H,29,34)(H,31,32)(H,36,37). The lowest BCUT2D eigenvalue weighted by atomic mass is 10.1. The van der Waals surface area contributed by atoms with Gasteiger partial charge in [0.25, 0.3) is 0 Å². The highest BCUT2D eigenvalue weighted by Crippen LogP contribution is 2.19. The fourth-order valence-electron chi connectivity index (χ4n) is 4.12. The number of imidazole rings is 2. The van der Waals surface area contributed by atoms with Gasteiger partial charge in [-0.05, 0) is 19.3 Å². The molecule has 8 N–H and O–H groups in total. The number of aromatic nitrogens is 4. The van der Waals surface area contributed by atoms with Crippen molar-refractivity contribution in [3.8, 4) is 0 Å². The number of carboxylic acid groups (broad SMARTS) is 2. The molecule has 3 rings (SSSR count). The van der Waals surface area contributed by atoms with Crippen LogP contribution in [0.3, 0.4) is 0 Å². The minimum absolute atomic E-state index is 0.0215. The minimum Gasteiger partial charge on any atom is -0.481 e. The average molecular weight is 519 g/mol. The molecular weight excluding hydrogens is 488 g/mol. The smallest absolute Gasteiger partial charge is 0.326 e. The van der Waals surface area contributed by atoms with Crippen LogP contribution < -0.4 is 16.4 Å². The van der Waals surface area contributed by atoms with E-state index >= 15 is 0 Å². The van der Waals surface area contributed by atoms with Gasteiger partial charge in [-0.2, -0.15) is 0 Å². The summed E-state index contributed by atoms with van der Waals surface area (Å²) in [5, 5.41) is 23.6. The molecule has 37 heavy (non-hydrogen) atoms. The van der Waals surface area contributed by atoms with E-state index in [2.05, 4.69) is 30.6 Å². The van der Waals surface area contributed by atoms with Crippen LogP contribution in [-0.2, 0) is 36.8 Å². The van der Waals surface area contributed by atoms with E-state index in [0.717, 1.165) is 0 Å². The predicted octanol–water partition coefficient (Wildman–Crippen LogP) is -1.84. The van der Waals surface area contributed by atoms with Gasteiger partial charge in [-0.3, -0.25) is 19.2 Å². The Morgan fingerprint density at radius 2 is 1.62 bits per heavy atom. The highest BCUT2D eigenvalue weighted by molar-refractivity contribution is 5.94. The Hall–Kier alpha value is -4.27. The van der Waals surface area contributed by atoms with Crippen molar-refractivity contribution in [2.45, 2.75) is 62.7 Å². The fraction of sp³-hybridized carbons (Fsp3) is 0.500. The molecule has 3 heterocycles. The van der Waals surface area contributed by atoms with Crippen molar-refractivity contribution in [1.29, 1.82) is 0 Å². The second kappa shape index (κ2) is 12.6. The average Bonchev–Trinajstić information content (AvgIpc) is 3.63. The van der Waals surface area contributed by atoms with Gasteiger partial charge in [-0.1, -0.05) is 0 Å². The number of aromatic amines is 2. The van der Waals surface area contributed by atoms with Gasteiger partial charge in [0.1, 0.15) is 18.1 Å². The zero-order valence-corrected chi connectivity index (χ0v) is 19.9. The summed E-state index contributed by atoms with van der Waals surface area (Å²) in [6, 6.07) is -4.56. The van der Waals surface area contributed by atoms with Gasteiger partial charge < -0.3 is 41.4 Å². The van der Waals surface area contributed by atoms with Crippen LogP contribution in [0.2, 0.25) is 0 Å². The van der Waals surface area contributed by atoms with Crippen molar-refractivity contribution >= 4 is 29.7 Å². The van der Waals surface area contributed by atoms with Gasteiger partial charge in [0, 0.05) is 49.6 Å². The van der Waals surface area contributed by atoms with Crippen molar-refractivity contribution in [1.82, 2.24) is 35.5 Å². The molecule has 0 radical (unpaired) electrons. The normalized spacial score (nSPS) is 17.5. The lowest BCUT2D eigenvalue weighted by Crippen LogP contribution is -2.58. The van der Waals surface area contributed by atoms with E-state index in [1.807, 2.05) is 0 Å². The molecule has 0 aliphatic carbocycles. The van der Waals surface area contributed by atoms with E-state index in [9.17, 15) is 29.1 Å². The lowest BCUT2D eigenvalue weighted by molar-refractivity contribution is -0.149. The van der Waals surface area contributed by atoms with E-state index < -0.39 is 60.2 Å². The van der Waals surface area contributed by atoms with Gasteiger partial charge in [0.15, 0.2) is 0 Å². The number of nitrogens with one attached hydrogen (secondary N) is 4. The molecule has 4 atom stereocenters. The molecule has 4 unspecified atom stereocenters. The monoisotopic (exact) mass is 518 g/mol. The largest absolute Gasteiger partial charge is 0.481 e. The maximum atomic E-state index is 13.3. The molecule has 200 valence electrons. The highest BCUT2D eigenvalue weighted by Gasteiger charge is 2.38. The molecule has 1 saturated heterocycles. The second-order valence-corrected chi connectivity index (χ2v) is 8.75. The molecule has 2 aromatic rings. The third-order valence-corrected chi connectivity index (χ3v) is 6.03. The summed E-state index contributed by atoms with van der Waals surface area (Å²) in [6.45, 7) is 0.215. The Kier molecular flexibility index (Phi) is 9.32. The molecular formula is C22H30N8O7. The quantitative estimate of drug-likeness (QED) is 0.156. The number of rotatable bonds is 13. The SMILES string of the molecule is NC(Cc1cnc[nH]1)C(=O)NC(CCC(=O)O)C(=O)NC(Cc1cnc[nH]1)C(=O)N1CCCC1C(=O)O. The van der Waals surface area contributed by atoms with E-state index in [1.54, 1.807) is 0 Å². The first-order chi connectivity index (χ1) is 17.7. The van der Waals surface area contributed by atoms with Crippen LogP contribution in [0, 0.1) is 0 Å². The maximum absolute atomic E-state index is 13.3. The van der Waals surface area contributed by atoms with Crippen LogP contribution in [0.4, 0.5) is 0 Å². The van der Waals surface area contributed by atoms with Crippen LogP contribution in [0.25, 0.3) is 0 Å². The summed E-state index contributed by atoms with van der Waals surface area (Å²) in [5.41, 5.74) is 7.05. The molecule has 15 heteroatoms. The summed E-state index contributed by atoms with van der Waals surface area (Å²) >= 11 is 0. The van der Waals surface area contributed by atoms with Gasteiger partial charge in [-0.15, -0.1) is 0 Å². The van der Waals surface area contributed by atoms with Crippen molar-refractivity contribution in [2.24, 2.45) is 5.73 Å². The molecule has 1 aliphatic rings. The molecule has 1 fully saturated rings. The van der Waals surface area contributed by atoms with Gasteiger partial charge >= 0.3 is 11.9 Å². The Balaban J connectivity index is 1.75. The van der Waals surface area contributed by atoms with Gasteiger partial charge in [0.05, 0.1) is 18.7 Å². The number of H-pyrrole nitrogens is 2. The van der Waals surface area contributed by atoms with Crippen LogP contribution >= 0.6 is 0 Å². The first kappa shape index (κ1) is 27.3. The number of nitrogens with two attached hydrogens (primary N) is 1. The predicted molar refractivity (Wildman–Crippen MR) is 126 cm³/mol. The number of carbonyl (C=O) groups excluding carboxylic acids is 3. The molecule has 1 aliphatic heterocycles. The Bertz CT molecular complexity index is 1090. The number of hydrogen-bond acceptors (Lipinski definition) is 8. The van der Waals surface area contributed by atoms with E-state index in [1.165, 1.54) is 29.9 Å². The Morgan fingerprint density at radius 1 is 1.00 bits per heavy atom. The van der Waals surface area contributed by atoms with E-state index in [-0.39, 0.29) is 32.2 Å². The molecule has 0 bridgehead atoms. The van der Waals surface area contributed by atoms with E-state index in [0.29, 0.717) is 17.8 Å². The summed E-state index contributed by atoms with van der Waals surface area (Å²) in [5.74, 6) is -4.42. The van der Waals surface area contributed by atoms with Crippen LogP contribution in [-0.4, -0.2) is 95.4 Å². The highest BCUT2D eigenvalue weighted by atomic mass is 16.4. The maximum Gasteiger partial charge on any atom is 0.326 e. The molecule has 3 amide bonds. The first-order valence-electron chi connectivity index (χ1n) is 11.7. The molecule has 0 saturated carbocycles. The van der Waals surface area contributed by atoms with Crippen LogP contribution in [0.1, 0.15) is 37.1 Å². The Labute approximate surface area is 211 Å². The summed E-state index contributed by atoms with van der Waals surface area (Å²) in [4.78, 5) is 76.6. The second-order valence-electron chi connectivity index (χ2n) is 8.75. The fourth-order valence-corrected chi connectivity index (χ4v) is 4.12. The van der Waals surface area contributed by atoms with Crippen molar-refractivity contribution in [2.75, 3.05) is 6.54 Å². The minimum atomic E-state index is -1.30. The summed E-state index contributed by atoms with van der Waals surface area (Å²) < 4.78 is 0. The Morgan fingerprint density at radius 3 is 2.19 bits per heavy atom. The van der Waals surface area contributed by atoms with Crippen LogP contribution in [0.15, 0.2) is 25.0 Å². The van der Waals surface area contributed by atoms with Crippen molar-refractivity contribution in [3.05, 3.63) is 36.4 Å². The van der Waals surface area contributed by atoms with Crippen LogP contribution in [0.5, 0.6) is 0 Å². The zero-order chi connectivity index (χ0) is 26.9.